The van der Waals surface area contributed by atoms with Crippen LogP contribution in [-0.2, 0) is 4.74 Å². The molecule has 2 heterocycles. The van der Waals surface area contributed by atoms with Crippen molar-refractivity contribution in [3.8, 4) is 0 Å². The van der Waals surface area contributed by atoms with Gasteiger partial charge < -0.3 is 4.74 Å². The quantitative estimate of drug-likeness (QED) is 0.489. The van der Waals surface area contributed by atoms with E-state index in [2.05, 4.69) is 38.8 Å². The number of nitrogens with zero attached hydrogens (tertiary/aromatic N) is 1. The summed E-state index contributed by atoms with van der Waals surface area (Å²) in [6.45, 7) is 3.83. The molecule has 1 aliphatic rings. The largest absolute Gasteiger partial charge is 0.381 e. The first-order valence-electron chi connectivity index (χ1n) is 6.49. The maximum Gasteiger partial charge on any atom is 0.263 e. The maximum absolute atomic E-state index is 12.2. The molecule has 4 nitrogen and oxygen atoms in total. The minimum Gasteiger partial charge on any atom is -0.381 e. The lowest BCUT2D eigenvalue weighted by Gasteiger charge is -2.14. The number of halogens is 2. The molecule has 0 unspecified atom stereocenters. The summed E-state index contributed by atoms with van der Waals surface area (Å²) in [5.74, 6) is -0.431. The topological polar surface area (TPSA) is 46.6 Å². The van der Waals surface area contributed by atoms with E-state index < -0.39 is 0 Å². The summed E-state index contributed by atoms with van der Waals surface area (Å²) >= 11 is 8.03. The lowest BCUT2D eigenvalue weighted by molar-refractivity contribution is 0.0625. The minimum absolute atomic E-state index is 0.215. The molecule has 1 aliphatic heterocycles. The molecular formula is C13H15Br2NO3S. The summed E-state index contributed by atoms with van der Waals surface area (Å²) in [7, 11) is 0. The van der Waals surface area contributed by atoms with E-state index in [1.54, 1.807) is 0 Å². The molecule has 0 aromatic carbocycles. The second-order valence-electron chi connectivity index (χ2n) is 4.48. The summed E-state index contributed by atoms with van der Waals surface area (Å²) < 4.78 is 6.86. The number of carbonyl (C=O) groups excluding carboxylic acids is 2. The van der Waals surface area contributed by atoms with E-state index in [-0.39, 0.29) is 11.8 Å². The number of ether oxygens (including phenoxy) is 1. The highest BCUT2D eigenvalue weighted by molar-refractivity contribution is 9.12. The second kappa shape index (κ2) is 7.15. The lowest BCUT2D eigenvalue weighted by Crippen LogP contribution is -2.31. The number of hydrogen-bond acceptors (Lipinski definition) is 4. The smallest absolute Gasteiger partial charge is 0.263 e. The number of unbranched alkanes of at least 4 members (excludes halogenated alkanes) is 1. The zero-order chi connectivity index (χ0) is 14.7. The normalized spacial score (nSPS) is 14.2. The van der Waals surface area contributed by atoms with Crippen LogP contribution in [0.2, 0.25) is 0 Å². The van der Waals surface area contributed by atoms with Gasteiger partial charge in [-0.15, -0.1) is 11.3 Å². The molecule has 1 aromatic rings. The highest BCUT2D eigenvalue weighted by Gasteiger charge is 2.40. The predicted molar refractivity (Wildman–Crippen MR) is 85.4 cm³/mol. The van der Waals surface area contributed by atoms with E-state index in [1.807, 2.05) is 0 Å². The van der Waals surface area contributed by atoms with Crippen molar-refractivity contribution < 1.29 is 14.3 Å². The van der Waals surface area contributed by atoms with Gasteiger partial charge in [0.05, 0.1) is 18.7 Å². The van der Waals surface area contributed by atoms with Crippen LogP contribution in [0.3, 0.4) is 0 Å². The third-order valence-electron chi connectivity index (χ3n) is 3.05. The van der Waals surface area contributed by atoms with Gasteiger partial charge in [0.2, 0.25) is 0 Å². The molecule has 7 heteroatoms. The van der Waals surface area contributed by atoms with Crippen LogP contribution in [0.5, 0.6) is 0 Å². The Morgan fingerprint density at radius 1 is 1.05 bits per heavy atom. The van der Waals surface area contributed by atoms with Gasteiger partial charge in [-0.1, -0.05) is 13.3 Å². The van der Waals surface area contributed by atoms with Crippen LogP contribution in [0.25, 0.3) is 0 Å². The first-order chi connectivity index (χ1) is 9.57. The highest BCUT2D eigenvalue weighted by Crippen LogP contribution is 2.41. The van der Waals surface area contributed by atoms with Gasteiger partial charge >= 0.3 is 0 Å². The van der Waals surface area contributed by atoms with Gasteiger partial charge in [0, 0.05) is 19.8 Å². The van der Waals surface area contributed by atoms with Crippen LogP contribution in [0.4, 0.5) is 0 Å². The van der Waals surface area contributed by atoms with Crippen molar-refractivity contribution >= 4 is 55.0 Å². The van der Waals surface area contributed by atoms with Crippen LogP contribution in [0.1, 0.15) is 46.9 Å². The molecule has 110 valence electrons. The van der Waals surface area contributed by atoms with E-state index in [0.29, 0.717) is 38.3 Å². The number of rotatable bonds is 7. The van der Waals surface area contributed by atoms with Gasteiger partial charge in [-0.25, -0.2) is 0 Å². The van der Waals surface area contributed by atoms with E-state index in [1.165, 1.54) is 16.2 Å². The predicted octanol–water partition coefficient (Wildman–Crippen LogP) is 4.08. The highest BCUT2D eigenvalue weighted by atomic mass is 79.9. The average molecular weight is 425 g/mol. The molecular weight excluding hydrogens is 410 g/mol. The molecule has 0 atom stereocenters. The van der Waals surface area contributed by atoms with Gasteiger partial charge in [0.15, 0.2) is 0 Å². The fourth-order valence-corrected chi connectivity index (χ4v) is 5.10. The molecule has 0 saturated carbocycles. The number of amides is 2. The fourth-order valence-electron chi connectivity index (χ4n) is 2.00. The Kier molecular flexibility index (Phi) is 5.77. The molecule has 0 aliphatic carbocycles. The Morgan fingerprint density at radius 3 is 2.15 bits per heavy atom. The number of fused-ring (bicyclic) bond motifs is 1. The van der Waals surface area contributed by atoms with Gasteiger partial charge in [-0.2, -0.15) is 0 Å². The van der Waals surface area contributed by atoms with Crippen molar-refractivity contribution in [3.05, 3.63) is 18.7 Å². The maximum atomic E-state index is 12.2. The van der Waals surface area contributed by atoms with E-state index in [9.17, 15) is 9.59 Å². The van der Waals surface area contributed by atoms with Gasteiger partial charge in [0.1, 0.15) is 0 Å². The van der Waals surface area contributed by atoms with E-state index >= 15 is 0 Å². The molecule has 0 N–H and O–H groups in total. The standard InChI is InChI=1S/C13H15Br2NO3S/c1-2-3-6-19-7-4-5-16-12(17)8-9(13(16)18)11(15)20-10(8)14/h2-7H2,1H3. The Labute approximate surface area is 138 Å². The number of hydrogen-bond donors (Lipinski definition) is 0. The van der Waals surface area contributed by atoms with Crippen LogP contribution >= 0.6 is 43.2 Å². The molecule has 0 saturated heterocycles. The Morgan fingerprint density at radius 2 is 1.60 bits per heavy atom. The monoisotopic (exact) mass is 423 g/mol. The SMILES string of the molecule is CCCCOCCCN1C(=O)c2c(Br)sc(Br)c2C1=O. The summed E-state index contributed by atoms with van der Waals surface area (Å²) in [5.41, 5.74) is 0.970. The van der Waals surface area contributed by atoms with Crippen molar-refractivity contribution in [1.82, 2.24) is 4.90 Å². The number of imide groups is 1. The van der Waals surface area contributed by atoms with Gasteiger partial charge in [0.25, 0.3) is 11.8 Å². The first kappa shape index (κ1) is 16.1. The van der Waals surface area contributed by atoms with Crippen molar-refractivity contribution in [2.45, 2.75) is 26.2 Å². The van der Waals surface area contributed by atoms with E-state index in [4.69, 9.17) is 4.74 Å². The molecule has 0 fully saturated rings. The minimum atomic E-state index is -0.215. The van der Waals surface area contributed by atoms with Crippen LogP contribution in [-0.4, -0.2) is 36.5 Å². The van der Waals surface area contributed by atoms with E-state index in [0.717, 1.165) is 19.4 Å². The van der Waals surface area contributed by atoms with Crippen molar-refractivity contribution in [2.75, 3.05) is 19.8 Å². The zero-order valence-corrected chi connectivity index (χ0v) is 15.1. The molecule has 20 heavy (non-hydrogen) atoms. The first-order valence-corrected chi connectivity index (χ1v) is 8.89. The van der Waals surface area contributed by atoms with Crippen LogP contribution in [0.15, 0.2) is 7.57 Å². The summed E-state index contributed by atoms with van der Waals surface area (Å²) in [6.07, 6.45) is 2.81. The summed E-state index contributed by atoms with van der Waals surface area (Å²) in [4.78, 5) is 25.8. The summed E-state index contributed by atoms with van der Waals surface area (Å²) in [5, 5.41) is 0. The fraction of sp³-hybridized carbons (Fsp3) is 0.538. The van der Waals surface area contributed by atoms with Crippen molar-refractivity contribution in [3.63, 3.8) is 0 Å². The Hall–Kier alpha value is -0.240. The third kappa shape index (κ3) is 3.16. The average Bonchev–Trinajstić information content (AvgIpc) is 2.84. The van der Waals surface area contributed by atoms with Crippen molar-refractivity contribution in [2.24, 2.45) is 0 Å². The molecule has 0 radical (unpaired) electrons. The third-order valence-corrected chi connectivity index (χ3v) is 5.58. The Balaban J connectivity index is 1.91. The van der Waals surface area contributed by atoms with Gasteiger partial charge in [-0.05, 0) is 44.7 Å². The van der Waals surface area contributed by atoms with Gasteiger partial charge in [-0.3, -0.25) is 14.5 Å². The van der Waals surface area contributed by atoms with Crippen molar-refractivity contribution in [1.29, 1.82) is 0 Å². The molecule has 0 spiro atoms. The van der Waals surface area contributed by atoms with Crippen LogP contribution in [0, 0.1) is 0 Å². The lowest BCUT2D eigenvalue weighted by atomic mass is 10.2. The second-order valence-corrected chi connectivity index (χ2v) is 8.14. The van der Waals surface area contributed by atoms with Crippen LogP contribution < -0.4 is 0 Å². The number of carbonyl (C=O) groups is 2. The molecule has 1 aromatic heterocycles. The number of thiophene rings is 1. The summed E-state index contributed by atoms with van der Waals surface area (Å²) in [6, 6.07) is 0. The molecule has 2 amide bonds. The Bertz CT molecular complexity index is 493. The molecule has 0 bridgehead atoms. The molecule has 2 rings (SSSR count). The zero-order valence-electron chi connectivity index (χ0n) is 11.1.